The highest BCUT2D eigenvalue weighted by molar-refractivity contribution is 7.99. The second-order valence-corrected chi connectivity index (χ2v) is 6.18. The molecule has 3 amide bonds. The average Bonchev–Trinajstić information content (AvgIpc) is 2.55. The van der Waals surface area contributed by atoms with E-state index in [4.69, 9.17) is 5.73 Å². The van der Waals surface area contributed by atoms with Gasteiger partial charge in [-0.15, -0.1) is 11.8 Å². The first-order chi connectivity index (χ1) is 9.31. The van der Waals surface area contributed by atoms with Crippen LogP contribution in [0.25, 0.3) is 0 Å². The highest BCUT2D eigenvalue weighted by Gasteiger charge is 2.43. The van der Waals surface area contributed by atoms with E-state index in [1.165, 1.54) is 34.9 Å². The fourth-order valence-electron chi connectivity index (χ4n) is 1.90. The summed E-state index contributed by atoms with van der Waals surface area (Å²) in [5.41, 5.74) is 5.35. The molecule has 0 spiro atoms. The van der Waals surface area contributed by atoms with Crippen molar-refractivity contribution in [2.45, 2.75) is 24.3 Å². The second-order valence-electron chi connectivity index (χ2n) is 5.04. The second kappa shape index (κ2) is 5.32. The zero-order valence-corrected chi connectivity index (χ0v) is 12.1. The quantitative estimate of drug-likeness (QED) is 0.505. The number of thioether (sulfide) groups is 1. The number of halogens is 1. The van der Waals surface area contributed by atoms with Gasteiger partial charge in [-0.3, -0.25) is 9.69 Å². The molecular weight excluding hydrogens is 281 g/mol. The number of carbonyl (C=O) groups is 2. The molecule has 1 aliphatic rings. The predicted octanol–water partition coefficient (Wildman–Crippen LogP) is 1.83. The highest BCUT2D eigenvalue weighted by Crippen LogP contribution is 2.26. The summed E-state index contributed by atoms with van der Waals surface area (Å²) >= 11 is 1.31. The van der Waals surface area contributed by atoms with E-state index in [-0.39, 0.29) is 18.3 Å². The summed E-state index contributed by atoms with van der Waals surface area (Å²) in [5.74, 6) is -0.156. The topological polar surface area (TPSA) is 75.4 Å². The fourth-order valence-corrected chi connectivity index (χ4v) is 2.83. The van der Waals surface area contributed by atoms with E-state index < -0.39 is 11.6 Å². The largest absolute Gasteiger partial charge is 0.398 e. The predicted molar refractivity (Wildman–Crippen MR) is 75.9 cm³/mol. The summed E-state index contributed by atoms with van der Waals surface area (Å²) in [6.07, 6.45) is 0. The molecule has 1 heterocycles. The van der Waals surface area contributed by atoms with Crippen molar-refractivity contribution in [2.24, 2.45) is 0 Å². The van der Waals surface area contributed by atoms with Gasteiger partial charge < -0.3 is 11.1 Å². The SMILES string of the molecule is CC1(C)NC(=O)N(CCSc2cc(F)ccc2N)C1=O. The number of hydrogen-bond donors (Lipinski definition) is 2. The Morgan fingerprint density at radius 1 is 1.40 bits per heavy atom. The van der Waals surface area contributed by atoms with Crippen LogP contribution in [-0.4, -0.2) is 34.7 Å². The van der Waals surface area contributed by atoms with Crippen LogP contribution < -0.4 is 11.1 Å². The van der Waals surface area contributed by atoms with Gasteiger partial charge in [0.2, 0.25) is 0 Å². The van der Waals surface area contributed by atoms with Crippen LogP contribution in [0.1, 0.15) is 13.8 Å². The standard InChI is InChI=1S/C13H16FN3O2S/c1-13(2)11(18)17(12(19)16-13)5-6-20-10-7-8(14)3-4-9(10)15/h3-4,7H,5-6,15H2,1-2H3,(H,16,19). The van der Waals surface area contributed by atoms with Crippen LogP contribution in [0.4, 0.5) is 14.9 Å². The van der Waals surface area contributed by atoms with Crippen LogP contribution in [0.5, 0.6) is 0 Å². The van der Waals surface area contributed by atoms with Gasteiger partial charge in [-0.25, -0.2) is 9.18 Å². The Hall–Kier alpha value is -1.76. The van der Waals surface area contributed by atoms with Gasteiger partial charge in [-0.1, -0.05) is 0 Å². The molecule has 2 rings (SSSR count). The first kappa shape index (κ1) is 14.6. The van der Waals surface area contributed by atoms with Crippen LogP contribution in [0, 0.1) is 5.82 Å². The number of carbonyl (C=O) groups excluding carboxylic acids is 2. The minimum Gasteiger partial charge on any atom is -0.398 e. The Kier molecular flexibility index (Phi) is 3.89. The number of nitrogens with zero attached hydrogens (tertiary/aromatic N) is 1. The van der Waals surface area contributed by atoms with Crippen molar-refractivity contribution in [3.63, 3.8) is 0 Å². The number of nitrogen functional groups attached to an aromatic ring is 1. The van der Waals surface area contributed by atoms with Crippen molar-refractivity contribution in [3.8, 4) is 0 Å². The summed E-state index contributed by atoms with van der Waals surface area (Å²) in [5, 5.41) is 2.61. The molecule has 0 atom stereocenters. The van der Waals surface area contributed by atoms with Crippen molar-refractivity contribution >= 4 is 29.4 Å². The lowest BCUT2D eigenvalue weighted by atomic mass is 10.1. The first-order valence-electron chi connectivity index (χ1n) is 6.13. The van der Waals surface area contributed by atoms with Crippen molar-refractivity contribution in [1.82, 2.24) is 10.2 Å². The molecule has 5 nitrogen and oxygen atoms in total. The summed E-state index contributed by atoms with van der Waals surface area (Å²) in [7, 11) is 0. The van der Waals surface area contributed by atoms with Crippen LogP contribution in [0.2, 0.25) is 0 Å². The van der Waals surface area contributed by atoms with Gasteiger partial charge in [0.05, 0.1) is 0 Å². The molecular formula is C13H16FN3O2S. The fraction of sp³-hybridized carbons (Fsp3) is 0.385. The van der Waals surface area contributed by atoms with Crippen molar-refractivity contribution < 1.29 is 14.0 Å². The Morgan fingerprint density at radius 3 is 2.70 bits per heavy atom. The lowest BCUT2D eigenvalue weighted by molar-refractivity contribution is -0.130. The number of hydrogen-bond acceptors (Lipinski definition) is 4. The van der Waals surface area contributed by atoms with Gasteiger partial charge in [-0.05, 0) is 32.0 Å². The number of benzene rings is 1. The Balaban J connectivity index is 1.95. The van der Waals surface area contributed by atoms with Crippen molar-refractivity contribution in [2.75, 3.05) is 18.0 Å². The molecule has 1 fully saturated rings. The number of rotatable bonds is 4. The number of nitrogens with one attached hydrogen (secondary N) is 1. The van der Waals surface area contributed by atoms with E-state index in [1.807, 2.05) is 0 Å². The Labute approximate surface area is 120 Å². The Morgan fingerprint density at radius 2 is 2.10 bits per heavy atom. The lowest BCUT2D eigenvalue weighted by Crippen LogP contribution is -2.40. The monoisotopic (exact) mass is 297 g/mol. The number of imide groups is 1. The molecule has 0 radical (unpaired) electrons. The molecule has 20 heavy (non-hydrogen) atoms. The average molecular weight is 297 g/mol. The summed E-state index contributed by atoms with van der Waals surface area (Å²) in [4.78, 5) is 25.4. The smallest absolute Gasteiger partial charge is 0.325 e. The van der Waals surface area contributed by atoms with Gasteiger partial charge in [0.25, 0.3) is 5.91 Å². The molecule has 1 aromatic rings. The van der Waals surface area contributed by atoms with E-state index in [9.17, 15) is 14.0 Å². The molecule has 7 heteroatoms. The number of amides is 3. The minimum atomic E-state index is -0.861. The normalized spacial score (nSPS) is 17.4. The van der Waals surface area contributed by atoms with Gasteiger partial charge >= 0.3 is 6.03 Å². The van der Waals surface area contributed by atoms with Crippen LogP contribution in [0.15, 0.2) is 23.1 Å². The van der Waals surface area contributed by atoms with Gasteiger partial charge in [0.1, 0.15) is 11.4 Å². The molecule has 0 aliphatic carbocycles. The summed E-state index contributed by atoms with van der Waals surface area (Å²) in [6, 6.07) is 3.73. The first-order valence-corrected chi connectivity index (χ1v) is 7.12. The van der Waals surface area contributed by atoms with E-state index in [0.717, 1.165) is 0 Å². The van der Waals surface area contributed by atoms with E-state index in [1.54, 1.807) is 13.8 Å². The van der Waals surface area contributed by atoms with E-state index in [0.29, 0.717) is 16.3 Å². The zero-order chi connectivity index (χ0) is 14.9. The van der Waals surface area contributed by atoms with Gasteiger partial charge in [0.15, 0.2) is 0 Å². The molecule has 1 saturated heterocycles. The Bertz CT molecular complexity index is 563. The molecule has 108 valence electrons. The van der Waals surface area contributed by atoms with Crippen LogP contribution >= 0.6 is 11.8 Å². The third kappa shape index (κ3) is 2.87. The molecule has 0 unspecified atom stereocenters. The number of nitrogens with two attached hydrogens (primary N) is 1. The zero-order valence-electron chi connectivity index (χ0n) is 11.3. The van der Waals surface area contributed by atoms with E-state index >= 15 is 0 Å². The lowest BCUT2D eigenvalue weighted by Gasteiger charge is -2.15. The van der Waals surface area contributed by atoms with Gasteiger partial charge in [-0.2, -0.15) is 0 Å². The maximum Gasteiger partial charge on any atom is 0.325 e. The molecule has 1 aromatic carbocycles. The third-order valence-corrected chi connectivity index (χ3v) is 4.04. The molecule has 3 N–H and O–H groups in total. The van der Waals surface area contributed by atoms with Crippen LogP contribution in [-0.2, 0) is 4.79 Å². The van der Waals surface area contributed by atoms with Crippen molar-refractivity contribution in [1.29, 1.82) is 0 Å². The van der Waals surface area contributed by atoms with Crippen LogP contribution in [0.3, 0.4) is 0 Å². The van der Waals surface area contributed by atoms with Gasteiger partial charge in [0, 0.05) is 22.9 Å². The molecule has 0 aromatic heterocycles. The van der Waals surface area contributed by atoms with E-state index in [2.05, 4.69) is 5.32 Å². The maximum absolute atomic E-state index is 13.1. The summed E-state index contributed by atoms with van der Waals surface area (Å²) < 4.78 is 13.1. The number of urea groups is 1. The molecule has 0 saturated carbocycles. The molecule has 0 bridgehead atoms. The summed E-state index contributed by atoms with van der Waals surface area (Å²) in [6.45, 7) is 3.57. The minimum absolute atomic E-state index is 0.254. The number of anilines is 1. The third-order valence-electron chi connectivity index (χ3n) is 2.99. The van der Waals surface area contributed by atoms with Crippen molar-refractivity contribution in [3.05, 3.63) is 24.0 Å². The molecule has 1 aliphatic heterocycles. The maximum atomic E-state index is 13.1. The highest BCUT2D eigenvalue weighted by atomic mass is 32.2.